The highest BCUT2D eigenvalue weighted by atomic mass is 32.2. The fourth-order valence-electron chi connectivity index (χ4n) is 1.44. The van der Waals surface area contributed by atoms with E-state index in [4.69, 9.17) is 0 Å². The first-order valence-electron chi connectivity index (χ1n) is 5.62. The van der Waals surface area contributed by atoms with E-state index < -0.39 is 0 Å². The summed E-state index contributed by atoms with van der Waals surface area (Å²) < 4.78 is 2.75. The fraction of sp³-hybridized carbons (Fsp3) is 0.0714. The number of urea groups is 1. The van der Waals surface area contributed by atoms with Gasteiger partial charge in [0.2, 0.25) is 0 Å². The molecule has 0 spiro atoms. The van der Waals surface area contributed by atoms with E-state index in [1.165, 1.54) is 17.5 Å². The summed E-state index contributed by atoms with van der Waals surface area (Å²) >= 11 is 1.37. The molecule has 0 bridgehead atoms. The zero-order valence-corrected chi connectivity index (χ0v) is 10.6. The molecule has 0 aliphatic heterocycles. The number of nitrogens with one attached hydrogen (secondary N) is 2. The van der Waals surface area contributed by atoms with Crippen molar-refractivity contribution in [2.45, 2.75) is 5.75 Å². The lowest BCUT2D eigenvalue weighted by Crippen LogP contribution is -2.22. The molecule has 2 aromatic rings. The molecule has 2 amide bonds. The molecule has 0 radical (unpaired) electrons. The SMILES string of the molecule is O=C(NSCc1ccccc1)Nc1ccccc1. The molecule has 18 heavy (non-hydrogen) atoms. The van der Waals surface area contributed by atoms with Gasteiger partial charge in [-0.25, -0.2) is 4.79 Å². The minimum absolute atomic E-state index is 0.206. The molecular weight excluding hydrogens is 244 g/mol. The summed E-state index contributed by atoms with van der Waals surface area (Å²) in [5, 5.41) is 2.76. The van der Waals surface area contributed by atoms with Gasteiger partial charge >= 0.3 is 6.03 Å². The monoisotopic (exact) mass is 258 g/mol. The highest BCUT2D eigenvalue weighted by molar-refractivity contribution is 7.97. The van der Waals surface area contributed by atoms with Gasteiger partial charge in [-0.3, -0.25) is 4.72 Å². The van der Waals surface area contributed by atoms with Crippen LogP contribution in [-0.4, -0.2) is 6.03 Å². The molecule has 0 atom stereocenters. The lowest BCUT2D eigenvalue weighted by molar-refractivity contribution is 0.257. The van der Waals surface area contributed by atoms with Crippen molar-refractivity contribution in [1.82, 2.24) is 4.72 Å². The molecule has 3 nitrogen and oxygen atoms in total. The number of anilines is 1. The first-order valence-corrected chi connectivity index (χ1v) is 6.61. The topological polar surface area (TPSA) is 41.1 Å². The number of rotatable bonds is 4. The van der Waals surface area contributed by atoms with Gasteiger partial charge in [0.25, 0.3) is 0 Å². The lowest BCUT2D eigenvalue weighted by atomic mass is 10.2. The standard InChI is InChI=1S/C14H14N2OS/c17-14(15-13-9-5-2-6-10-13)16-18-11-12-7-3-1-4-8-12/h1-10H,11H2,(H2,15,16,17). The number of amides is 2. The Kier molecular flexibility index (Phi) is 4.67. The largest absolute Gasteiger partial charge is 0.329 e. The molecule has 0 aromatic heterocycles. The maximum Gasteiger partial charge on any atom is 0.329 e. The van der Waals surface area contributed by atoms with E-state index in [1.54, 1.807) is 0 Å². The molecule has 0 aliphatic carbocycles. The van der Waals surface area contributed by atoms with Crippen molar-refractivity contribution in [1.29, 1.82) is 0 Å². The lowest BCUT2D eigenvalue weighted by Gasteiger charge is -2.06. The second-order valence-corrected chi connectivity index (χ2v) is 4.48. The van der Waals surface area contributed by atoms with Crippen molar-refractivity contribution in [3.05, 3.63) is 66.2 Å². The van der Waals surface area contributed by atoms with Crippen LogP contribution in [0.25, 0.3) is 0 Å². The van der Waals surface area contributed by atoms with E-state index in [0.717, 1.165) is 11.4 Å². The van der Waals surface area contributed by atoms with Gasteiger partial charge in [0.1, 0.15) is 0 Å². The molecule has 4 heteroatoms. The van der Waals surface area contributed by atoms with Crippen molar-refractivity contribution in [2.24, 2.45) is 0 Å². The van der Waals surface area contributed by atoms with Crippen molar-refractivity contribution >= 4 is 23.7 Å². The fourth-order valence-corrected chi connectivity index (χ4v) is 2.05. The highest BCUT2D eigenvalue weighted by Gasteiger charge is 2.00. The average molecular weight is 258 g/mol. The van der Waals surface area contributed by atoms with Crippen LogP contribution in [0.5, 0.6) is 0 Å². The molecule has 0 heterocycles. The number of carbonyl (C=O) groups excluding carboxylic acids is 1. The van der Waals surface area contributed by atoms with Crippen LogP contribution < -0.4 is 10.0 Å². The Labute approximate surface area is 111 Å². The Hall–Kier alpha value is -1.94. The van der Waals surface area contributed by atoms with Gasteiger partial charge < -0.3 is 5.32 Å². The van der Waals surface area contributed by atoms with Crippen molar-refractivity contribution < 1.29 is 4.79 Å². The third-order valence-electron chi connectivity index (χ3n) is 2.28. The van der Waals surface area contributed by atoms with Gasteiger partial charge in [-0.2, -0.15) is 0 Å². The third kappa shape index (κ3) is 4.14. The number of carbonyl (C=O) groups is 1. The van der Waals surface area contributed by atoms with Crippen molar-refractivity contribution in [2.75, 3.05) is 5.32 Å². The Morgan fingerprint density at radius 3 is 2.22 bits per heavy atom. The summed E-state index contributed by atoms with van der Waals surface area (Å²) in [7, 11) is 0. The van der Waals surface area contributed by atoms with Gasteiger partial charge in [-0.05, 0) is 29.6 Å². The van der Waals surface area contributed by atoms with Crippen LogP contribution in [0.15, 0.2) is 60.7 Å². The van der Waals surface area contributed by atoms with E-state index >= 15 is 0 Å². The predicted molar refractivity (Wildman–Crippen MR) is 76.3 cm³/mol. The minimum atomic E-state index is -0.206. The Morgan fingerprint density at radius 1 is 0.944 bits per heavy atom. The molecule has 2 aromatic carbocycles. The third-order valence-corrected chi connectivity index (χ3v) is 3.09. The van der Waals surface area contributed by atoms with E-state index in [-0.39, 0.29) is 6.03 Å². The number of benzene rings is 2. The minimum Gasteiger partial charge on any atom is -0.307 e. The first kappa shape index (κ1) is 12.5. The summed E-state index contributed by atoms with van der Waals surface area (Å²) in [6, 6.07) is 19.2. The number of hydrogen-bond donors (Lipinski definition) is 2. The second-order valence-electron chi connectivity index (χ2n) is 3.70. The molecule has 2 rings (SSSR count). The Bertz CT molecular complexity index is 488. The van der Waals surface area contributed by atoms with Crippen LogP contribution in [0, 0.1) is 0 Å². The Balaban J connectivity index is 1.73. The van der Waals surface area contributed by atoms with E-state index in [0.29, 0.717) is 0 Å². The van der Waals surface area contributed by atoms with Crippen LogP contribution in [0.2, 0.25) is 0 Å². The van der Waals surface area contributed by atoms with E-state index in [9.17, 15) is 4.79 Å². The summed E-state index contributed by atoms with van der Waals surface area (Å²) in [6.45, 7) is 0. The average Bonchev–Trinajstić information content (AvgIpc) is 2.41. The van der Waals surface area contributed by atoms with Gasteiger partial charge in [-0.15, -0.1) is 0 Å². The molecule has 92 valence electrons. The Morgan fingerprint density at radius 2 is 1.56 bits per heavy atom. The molecule has 0 fully saturated rings. The first-order chi connectivity index (χ1) is 8.84. The summed E-state index contributed by atoms with van der Waals surface area (Å²) in [6.07, 6.45) is 0. The quantitative estimate of drug-likeness (QED) is 0.822. The molecule has 0 saturated carbocycles. The normalized spacial score (nSPS) is 9.78. The summed E-state index contributed by atoms with van der Waals surface area (Å²) in [4.78, 5) is 11.6. The second kappa shape index (κ2) is 6.71. The van der Waals surface area contributed by atoms with Crippen LogP contribution in [0.4, 0.5) is 10.5 Å². The molecule has 0 saturated heterocycles. The number of hydrogen-bond acceptors (Lipinski definition) is 2. The van der Waals surface area contributed by atoms with Gasteiger partial charge in [0, 0.05) is 11.4 Å². The molecular formula is C14H14N2OS. The van der Waals surface area contributed by atoms with Crippen LogP contribution in [-0.2, 0) is 5.75 Å². The van der Waals surface area contributed by atoms with Crippen LogP contribution in [0.3, 0.4) is 0 Å². The summed E-state index contributed by atoms with van der Waals surface area (Å²) in [5.41, 5.74) is 1.97. The van der Waals surface area contributed by atoms with E-state index in [1.807, 2.05) is 60.7 Å². The molecule has 2 N–H and O–H groups in total. The molecule has 0 unspecified atom stereocenters. The van der Waals surface area contributed by atoms with Crippen LogP contribution in [0.1, 0.15) is 5.56 Å². The van der Waals surface area contributed by atoms with Gasteiger partial charge in [-0.1, -0.05) is 48.5 Å². The smallest absolute Gasteiger partial charge is 0.307 e. The zero-order chi connectivity index (χ0) is 12.6. The predicted octanol–water partition coefficient (Wildman–Crippen LogP) is 3.66. The van der Waals surface area contributed by atoms with Gasteiger partial charge in [0.15, 0.2) is 0 Å². The number of para-hydroxylation sites is 1. The maximum atomic E-state index is 11.6. The zero-order valence-electron chi connectivity index (χ0n) is 9.80. The molecule has 0 aliphatic rings. The van der Waals surface area contributed by atoms with E-state index in [2.05, 4.69) is 10.0 Å². The van der Waals surface area contributed by atoms with Crippen LogP contribution >= 0.6 is 11.9 Å². The highest BCUT2D eigenvalue weighted by Crippen LogP contribution is 2.09. The van der Waals surface area contributed by atoms with Crippen molar-refractivity contribution in [3.8, 4) is 0 Å². The van der Waals surface area contributed by atoms with Crippen molar-refractivity contribution in [3.63, 3.8) is 0 Å². The van der Waals surface area contributed by atoms with Gasteiger partial charge in [0.05, 0.1) is 0 Å². The maximum absolute atomic E-state index is 11.6. The summed E-state index contributed by atoms with van der Waals surface area (Å²) in [5.74, 6) is 0.753.